The van der Waals surface area contributed by atoms with E-state index in [0.29, 0.717) is 24.0 Å². The van der Waals surface area contributed by atoms with E-state index in [4.69, 9.17) is 4.74 Å². The number of carbonyl (C=O) groups is 1. The highest BCUT2D eigenvalue weighted by Gasteiger charge is 2.23. The van der Waals surface area contributed by atoms with Crippen molar-refractivity contribution in [1.82, 2.24) is 24.4 Å². The highest BCUT2D eigenvalue weighted by molar-refractivity contribution is 7.88. The molecule has 12 heteroatoms. The predicted molar refractivity (Wildman–Crippen MR) is 128 cm³/mol. The van der Waals surface area contributed by atoms with Gasteiger partial charge in [0.2, 0.25) is 10.0 Å². The third-order valence-corrected chi connectivity index (χ3v) is 6.40. The van der Waals surface area contributed by atoms with Crippen LogP contribution in [0.1, 0.15) is 30.7 Å². The maximum Gasteiger partial charge on any atom is 0.350 e. The standard InChI is InChI=1S/C21H31N5O5S.ClH/c1-15-23-25(13-10-16-8-11-22-12-9-16)21(28)26(15)18-6-4-17(5-7-18)14-19(20(27)31-2)24-32(3,29)30;/h4-7,16,19,22,24H,8-14H2,1-3H3;1H. The number of hydrogen-bond acceptors (Lipinski definition) is 7. The van der Waals surface area contributed by atoms with Crippen molar-refractivity contribution in [3.63, 3.8) is 0 Å². The zero-order valence-electron chi connectivity index (χ0n) is 19.1. The van der Waals surface area contributed by atoms with Crippen LogP contribution >= 0.6 is 12.4 Å². The van der Waals surface area contributed by atoms with Crippen molar-refractivity contribution in [2.24, 2.45) is 5.92 Å². The number of rotatable bonds is 9. The Hall–Kier alpha value is -2.21. The maximum absolute atomic E-state index is 12.9. The summed E-state index contributed by atoms with van der Waals surface area (Å²) in [5.41, 5.74) is 1.20. The molecular weight excluding hydrogens is 470 g/mol. The van der Waals surface area contributed by atoms with Gasteiger partial charge >= 0.3 is 11.7 Å². The van der Waals surface area contributed by atoms with Gasteiger partial charge in [0.05, 0.1) is 19.1 Å². The molecule has 1 saturated heterocycles. The lowest BCUT2D eigenvalue weighted by molar-refractivity contribution is -0.142. The molecule has 1 aromatic heterocycles. The van der Waals surface area contributed by atoms with Gasteiger partial charge in [-0.3, -0.25) is 4.79 Å². The fraction of sp³-hybridized carbons (Fsp3) is 0.571. The second-order valence-electron chi connectivity index (χ2n) is 8.21. The monoisotopic (exact) mass is 501 g/mol. The number of piperidine rings is 1. The van der Waals surface area contributed by atoms with E-state index < -0.39 is 22.0 Å². The number of methoxy groups -OCH3 is 1. The lowest BCUT2D eigenvalue weighted by atomic mass is 9.95. The van der Waals surface area contributed by atoms with Gasteiger partial charge in [-0.05, 0) is 69.3 Å². The van der Waals surface area contributed by atoms with Crippen LogP contribution in [0.2, 0.25) is 0 Å². The molecule has 0 radical (unpaired) electrons. The van der Waals surface area contributed by atoms with Gasteiger partial charge in [0.15, 0.2) is 0 Å². The first-order valence-corrected chi connectivity index (χ1v) is 12.6. The first-order valence-electron chi connectivity index (χ1n) is 10.7. The molecule has 2 aromatic rings. The summed E-state index contributed by atoms with van der Waals surface area (Å²) in [5.74, 6) is 0.539. The van der Waals surface area contributed by atoms with Gasteiger partial charge in [-0.25, -0.2) is 27.2 Å². The summed E-state index contributed by atoms with van der Waals surface area (Å²) in [7, 11) is -2.37. The number of aryl methyl sites for hydroxylation is 2. The Balaban J connectivity index is 0.00000385. The van der Waals surface area contributed by atoms with E-state index >= 15 is 0 Å². The van der Waals surface area contributed by atoms with Gasteiger partial charge in [0.1, 0.15) is 11.9 Å². The van der Waals surface area contributed by atoms with Crippen LogP contribution in [0.4, 0.5) is 0 Å². The normalized spacial score (nSPS) is 15.6. The fourth-order valence-corrected chi connectivity index (χ4v) is 4.72. The molecule has 184 valence electrons. The molecule has 1 aliphatic heterocycles. The van der Waals surface area contributed by atoms with Crippen LogP contribution in [0, 0.1) is 12.8 Å². The van der Waals surface area contributed by atoms with Crippen molar-refractivity contribution in [2.75, 3.05) is 26.5 Å². The van der Waals surface area contributed by atoms with Crippen molar-refractivity contribution < 1.29 is 17.9 Å². The number of aromatic nitrogens is 3. The van der Waals surface area contributed by atoms with Gasteiger partial charge in [-0.15, -0.1) is 12.4 Å². The molecule has 1 fully saturated rings. The topological polar surface area (TPSA) is 124 Å². The molecule has 1 unspecified atom stereocenters. The molecule has 0 bridgehead atoms. The summed E-state index contributed by atoms with van der Waals surface area (Å²) in [4.78, 5) is 24.9. The predicted octanol–water partition coefficient (Wildman–Crippen LogP) is 0.787. The highest BCUT2D eigenvalue weighted by Crippen LogP contribution is 2.17. The summed E-state index contributed by atoms with van der Waals surface area (Å²) in [6, 6.07) is 6.01. The Kier molecular flexibility index (Phi) is 9.65. The Labute approximate surface area is 200 Å². The number of hydrogen-bond donors (Lipinski definition) is 2. The van der Waals surface area contributed by atoms with Crippen molar-refractivity contribution in [1.29, 1.82) is 0 Å². The van der Waals surface area contributed by atoms with Crippen molar-refractivity contribution in [3.05, 3.63) is 46.1 Å². The number of benzene rings is 1. The lowest BCUT2D eigenvalue weighted by Crippen LogP contribution is -2.42. The zero-order chi connectivity index (χ0) is 23.3. The molecule has 10 nitrogen and oxygen atoms in total. The van der Waals surface area contributed by atoms with Crippen LogP contribution in [-0.4, -0.2) is 61.2 Å². The molecule has 0 saturated carbocycles. The molecular formula is C21H32ClN5O5S. The van der Waals surface area contributed by atoms with Crippen molar-refractivity contribution in [2.45, 2.75) is 45.2 Å². The average molecular weight is 502 g/mol. The van der Waals surface area contributed by atoms with E-state index in [-0.39, 0.29) is 24.5 Å². The SMILES string of the molecule is COC(=O)C(Cc1ccc(-n2c(C)nn(CCC3CCNCC3)c2=O)cc1)NS(C)(=O)=O.Cl. The van der Waals surface area contributed by atoms with E-state index in [2.05, 4.69) is 15.1 Å². The quantitative estimate of drug-likeness (QED) is 0.486. The summed E-state index contributed by atoms with van der Waals surface area (Å²) >= 11 is 0. The average Bonchev–Trinajstić information content (AvgIpc) is 3.04. The number of ether oxygens (including phenoxy) is 1. The van der Waals surface area contributed by atoms with Gasteiger partial charge in [-0.2, -0.15) is 5.10 Å². The van der Waals surface area contributed by atoms with E-state index in [0.717, 1.165) is 44.2 Å². The number of nitrogens with one attached hydrogen (secondary N) is 2. The minimum atomic E-state index is -3.58. The number of nitrogens with zero attached hydrogens (tertiary/aromatic N) is 3. The Morgan fingerprint density at radius 3 is 2.48 bits per heavy atom. The molecule has 2 heterocycles. The summed E-state index contributed by atoms with van der Waals surface area (Å²) in [5, 5.41) is 7.78. The number of carbonyl (C=O) groups excluding carboxylic acids is 1. The van der Waals surface area contributed by atoms with Crippen LogP contribution in [0.25, 0.3) is 5.69 Å². The number of sulfonamides is 1. The summed E-state index contributed by atoms with van der Waals surface area (Å²) < 4.78 is 33.2. The minimum Gasteiger partial charge on any atom is -0.468 e. The fourth-order valence-electron chi connectivity index (χ4n) is 4.02. The molecule has 1 aromatic carbocycles. The zero-order valence-corrected chi connectivity index (χ0v) is 20.7. The summed E-state index contributed by atoms with van der Waals surface area (Å²) in [6.07, 6.45) is 4.29. The Morgan fingerprint density at radius 1 is 1.27 bits per heavy atom. The molecule has 1 aliphatic rings. The minimum absolute atomic E-state index is 0. The third-order valence-electron chi connectivity index (χ3n) is 5.69. The van der Waals surface area contributed by atoms with Gasteiger partial charge in [-0.1, -0.05) is 12.1 Å². The van der Waals surface area contributed by atoms with E-state index in [1.807, 2.05) is 0 Å². The maximum atomic E-state index is 12.9. The smallest absolute Gasteiger partial charge is 0.350 e. The van der Waals surface area contributed by atoms with E-state index in [1.54, 1.807) is 35.8 Å². The molecule has 1 atom stereocenters. The molecule has 0 amide bonds. The van der Waals surface area contributed by atoms with Crippen LogP contribution in [0.15, 0.2) is 29.1 Å². The second kappa shape index (κ2) is 11.8. The molecule has 0 spiro atoms. The van der Waals surface area contributed by atoms with Gasteiger partial charge in [0, 0.05) is 6.54 Å². The van der Waals surface area contributed by atoms with Crippen LogP contribution in [-0.2, 0) is 32.5 Å². The van der Waals surface area contributed by atoms with Gasteiger partial charge < -0.3 is 10.1 Å². The second-order valence-corrected chi connectivity index (χ2v) is 9.99. The Bertz CT molecular complexity index is 1090. The highest BCUT2D eigenvalue weighted by atomic mass is 35.5. The van der Waals surface area contributed by atoms with Crippen LogP contribution in [0.3, 0.4) is 0 Å². The van der Waals surface area contributed by atoms with Crippen LogP contribution in [0.5, 0.6) is 0 Å². The van der Waals surface area contributed by atoms with Crippen molar-refractivity contribution in [3.8, 4) is 5.69 Å². The van der Waals surface area contributed by atoms with E-state index in [1.165, 1.54) is 11.8 Å². The molecule has 3 rings (SSSR count). The summed E-state index contributed by atoms with van der Waals surface area (Å²) in [6.45, 7) is 4.43. The first kappa shape index (κ1) is 27.0. The molecule has 0 aliphatic carbocycles. The van der Waals surface area contributed by atoms with Gasteiger partial charge in [0.25, 0.3) is 0 Å². The van der Waals surface area contributed by atoms with Crippen molar-refractivity contribution >= 4 is 28.4 Å². The first-order chi connectivity index (χ1) is 15.2. The third kappa shape index (κ3) is 7.39. The largest absolute Gasteiger partial charge is 0.468 e. The lowest BCUT2D eigenvalue weighted by Gasteiger charge is -2.22. The van der Waals surface area contributed by atoms with Crippen LogP contribution < -0.4 is 15.7 Å². The molecule has 33 heavy (non-hydrogen) atoms. The van der Waals surface area contributed by atoms with E-state index in [9.17, 15) is 18.0 Å². The Morgan fingerprint density at radius 2 is 1.91 bits per heavy atom. The molecule has 2 N–H and O–H groups in total. The number of halogens is 1. The number of esters is 1.